The molecular formula is C19H14N4O8. The predicted octanol–water partition coefficient (Wildman–Crippen LogP) is 3.19. The molecule has 0 atom stereocenters. The van der Waals surface area contributed by atoms with Gasteiger partial charge in [0, 0.05) is 29.3 Å². The van der Waals surface area contributed by atoms with E-state index in [0.29, 0.717) is 0 Å². The smallest absolute Gasteiger partial charge is 0.301 e. The van der Waals surface area contributed by atoms with Gasteiger partial charge in [0.05, 0.1) is 15.9 Å². The molecule has 31 heavy (non-hydrogen) atoms. The summed E-state index contributed by atoms with van der Waals surface area (Å²) in [6.07, 6.45) is 0. The molecule has 0 saturated carbocycles. The molecule has 0 fully saturated rings. The molecule has 12 nitrogen and oxygen atoms in total. The SMILES string of the molecule is O=[N+]([O-])c1ccc(NN=C(c2ccc(O)cc2O)c2ccc(O)cc2O)c([N+](=O)[O-])c1. The van der Waals surface area contributed by atoms with Gasteiger partial charge >= 0.3 is 5.69 Å². The third-order valence-corrected chi connectivity index (χ3v) is 4.15. The van der Waals surface area contributed by atoms with Gasteiger partial charge in [-0.3, -0.25) is 25.7 Å². The third-order valence-electron chi connectivity index (χ3n) is 4.15. The Kier molecular flexibility index (Phi) is 5.55. The van der Waals surface area contributed by atoms with Crippen molar-refractivity contribution in [2.75, 3.05) is 5.43 Å². The Balaban J connectivity index is 2.14. The zero-order chi connectivity index (χ0) is 22.7. The van der Waals surface area contributed by atoms with Crippen LogP contribution in [0, 0.1) is 20.2 Å². The molecule has 0 aromatic heterocycles. The van der Waals surface area contributed by atoms with Crippen LogP contribution in [0.5, 0.6) is 23.0 Å². The molecule has 0 aliphatic rings. The molecule has 0 spiro atoms. The zero-order valence-electron chi connectivity index (χ0n) is 15.5. The van der Waals surface area contributed by atoms with E-state index >= 15 is 0 Å². The summed E-state index contributed by atoms with van der Waals surface area (Å²) in [6, 6.07) is 10.0. The van der Waals surface area contributed by atoms with E-state index in [4.69, 9.17) is 0 Å². The van der Waals surface area contributed by atoms with Crippen LogP contribution in [0.1, 0.15) is 11.1 Å². The number of nitrogens with zero attached hydrogens (tertiary/aromatic N) is 3. The number of benzene rings is 3. The van der Waals surface area contributed by atoms with Crippen LogP contribution in [0.3, 0.4) is 0 Å². The van der Waals surface area contributed by atoms with Crippen LogP contribution in [0.25, 0.3) is 0 Å². The van der Waals surface area contributed by atoms with Gasteiger partial charge in [0.1, 0.15) is 34.4 Å². The van der Waals surface area contributed by atoms with Gasteiger partial charge in [0.25, 0.3) is 5.69 Å². The average molecular weight is 426 g/mol. The number of rotatable bonds is 6. The highest BCUT2D eigenvalue weighted by molar-refractivity contribution is 6.16. The van der Waals surface area contributed by atoms with Crippen LogP contribution >= 0.6 is 0 Å². The maximum Gasteiger partial charge on any atom is 0.301 e. The van der Waals surface area contributed by atoms with Gasteiger partial charge in [0.15, 0.2) is 0 Å². The normalized spacial score (nSPS) is 10.3. The van der Waals surface area contributed by atoms with Crippen molar-refractivity contribution in [3.05, 3.63) is 86.0 Å². The number of phenols is 4. The molecular weight excluding hydrogens is 412 g/mol. The Morgan fingerprint density at radius 2 is 1.32 bits per heavy atom. The summed E-state index contributed by atoms with van der Waals surface area (Å²) >= 11 is 0. The second kappa shape index (κ2) is 8.24. The van der Waals surface area contributed by atoms with Gasteiger partial charge in [-0.2, -0.15) is 5.10 Å². The van der Waals surface area contributed by atoms with Crippen LogP contribution in [0.4, 0.5) is 17.1 Å². The first-order chi connectivity index (χ1) is 14.7. The number of nitro groups is 2. The molecule has 0 aliphatic carbocycles. The van der Waals surface area contributed by atoms with Gasteiger partial charge < -0.3 is 20.4 Å². The number of hydrazone groups is 1. The number of anilines is 1. The second-order valence-electron chi connectivity index (χ2n) is 6.19. The fraction of sp³-hybridized carbons (Fsp3) is 0. The Hall–Kier alpha value is -4.87. The maximum absolute atomic E-state index is 11.3. The fourth-order valence-corrected chi connectivity index (χ4v) is 2.70. The van der Waals surface area contributed by atoms with Crippen LogP contribution in [0.15, 0.2) is 59.7 Å². The first kappa shape index (κ1) is 20.9. The predicted molar refractivity (Wildman–Crippen MR) is 109 cm³/mol. The summed E-state index contributed by atoms with van der Waals surface area (Å²) in [4.78, 5) is 20.6. The van der Waals surface area contributed by atoms with E-state index in [2.05, 4.69) is 10.5 Å². The van der Waals surface area contributed by atoms with Crippen molar-refractivity contribution < 1.29 is 30.3 Å². The standard InChI is InChI=1S/C19H14N4O8/c24-11-2-4-13(17(26)8-11)19(14-5-3-12(25)9-18(14)27)21-20-15-6-1-10(22(28)29)7-16(15)23(30)31/h1-9,20,24-27H. The lowest BCUT2D eigenvalue weighted by Gasteiger charge is -2.12. The van der Waals surface area contributed by atoms with E-state index in [1.54, 1.807) is 0 Å². The zero-order valence-corrected chi connectivity index (χ0v) is 15.5. The maximum atomic E-state index is 11.3. The highest BCUT2D eigenvalue weighted by Gasteiger charge is 2.21. The first-order valence-electron chi connectivity index (χ1n) is 8.48. The Morgan fingerprint density at radius 1 is 0.774 bits per heavy atom. The monoisotopic (exact) mass is 426 g/mol. The van der Waals surface area contributed by atoms with E-state index < -0.39 is 32.7 Å². The summed E-state index contributed by atoms with van der Waals surface area (Å²) in [6.45, 7) is 0. The van der Waals surface area contributed by atoms with Crippen molar-refractivity contribution in [3.63, 3.8) is 0 Å². The van der Waals surface area contributed by atoms with Gasteiger partial charge in [-0.1, -0.05) is 0 Å². The van der Waals surface area contributed by atoms with Crippen molar-refractivity contribution in [1.29, 1.82) is 0 Å². The third kappa shape index (κ3) is 4.42. The van der Waals surface area contributed by atoms with Gasteiger partial charge in [-0.15, -0.1) is 0 Å². The Bertz CT molecular complexity index is 1170. The number of phenolic OH excluding ortho intramolecular Hbond substituents is 4. The van der Waals surface area contributed by atoms with Gasteiger partial charge in [0.2, 0.25) is 0 Å². The second-order valence-corrected chi connectivity index (χ2v) is 6.19. The molecule has 3 aromatic rings. The van der Waals surface area contributed by atoms with Crippen molar-refractivity contribution in [2.45, 2.75) is 0 Å². The minimum Gasteiger partial charge on any atom is -0.508 e. The molecule has 0 bridgehead atoms. The average Bonchev–Trinajstić information content (AvgIpc) is 2.70. The molecule has 12 heteroatoms. The largest absolute Gasteiger partial charge is 0.508 e. The molecule has 0 radical (unpaired) electrons. The number of hydrogen-bond donors (Lipinski definition) is 5. The minimum absolute atomic E-state index is 0.0378. The lowest BCUT2D eigenvalue weighted by molar-refractivity contribution is -0.393. The molecule has 5 N–H and O–H groups in total. The Morgan fingerprint density at radius 3 is 1.77 bits per heavy atom. The van der Waals surface area contributed by atoms with E-state index in [1.807, 2.05) is 0 Å². The number of nitro benzene ring substituents is 2. The van der Waals surface area contributed by atoms with Crippen molar-refractivity contribution >= 4 is 22.8 Å². The molecule has 0 heterocycles. The molecule has 0 unspecified atom stereocenters. The molecule has 158 valence electrons. The number of aromatic hydroxyl groups is 4. The van der Waals surface area contributed by atoms with Crippen LogP contribution in [0.2, 0.25) is 0 Å². The summed E-state index contributed by atoms with van der Waals surface area (Å²) in [5, 5.41) is 65.8. The lowest BCUT2D eigenvalue weighted by Crippen LogP contribution is -2.08. The highest BCUT2D eigenvalue weighted by atomic mass is 16.6. The summed E-state index contributed by atoms with van der Waals surface area (Å²) in [7, 11) is 0. The summed E-state index contributed by atoms with van der Waals surface area (Å²) in [5.74, 6) is -1.30. The molecule has 0 amide bonds. The summed E-state index contributed by atoms with van der Waals surface area (Å²) < 4.78 is 0. The molecule has 0 aliphatic heterocycles. The number of hydrogen-bond acceptors (Lipinski definition) is 10. The topological polar surface area (TPSA) is 192 Å². The molecule has 3 rings (SSSR count). The quantitative estimate of drug-likeness (QED) is 0.224. The lowest BCUT2D eigenvalue weighted by atomic mass is 10.00. The van der Waals surface area contributed by atoms with E-state index in [9.17, 15) is 40.7 Å². The molecule has 0 saturated heterocycles. The van der Waals surface area contributed by atoms with Gasteiger partial charge in [-0.05, 0) is 30.3 Å². The summed E-state index contributed by atoms with van der Waals surface area (Å²) in [5.41, 5.74) is 1.09. The molecule has 3 aromatic carbocycles. The van der Waals surface area contributed by atoms with Crippen molar-refractivity contribution in [3.8, 4) is 23.0 Å². The van der Waals surface area contributed by atoms with Crippen LogP contribution < -0.4 is 5.43 Å². The van der Waals surface area contributed by atoms with Crippen molar-refractivity contribution in [1.82, 2.24) is 0 Å². The van der Waals surface area contributed by atoms with Crippen molar-refractivity contribution in [2.24, 2.45) is 5.10 Å². The van der Waals surface area contributed by atoms with E-state index in [-0.39, 0.29) is 34.0 Å². The van der Waals surface area contributed by atoms with Crippen LogP contribution in [-0.4, -0.2) is 36.0 Å². The Labute approximate surface area is 173 Å². The highest BCUT2D eigenvalue weighted by Crippen LogP contribution is 2.32. The van der Waals surface area contributed by atoms with Gasteiger partial charge in [-0.25, -0.2) is 0 Å². The van der Waals surface area contributed by atoms with Crippen LogP contribution in [-0.2, 0) is 0 Å². The number of nitrogens with one attached hydrogen (secondary N) is 1. The fourth-order valence-electron chi connectivity index (χ4n) is 2.70. The number of non-ortho nitro benzene ring substituents is 1. The van der Waals surface area contributed by atoms with E-state index in [1.165, 1.54) is 24.3 Å². The minimum atomic E-state index is -0.833. The first-order valence-corrected chi connectivity index (χ1v) is 8.48. The van der Waals surface area contributed by atoms with E-state index in [0.717, 1.165) is 30.3 Å².